The van der Waals surface area contributed by atoms with Crippen molar-refractivity contribution in [1.82, 2.24) is 0 Å². The van der Waals surface area contributed by atoms with E-state index < -0.39 is 15.1 Å². The van der Waals surface area contributed by atoms with Crippen LogP contribution in [-0.2, 0) is 14.7 Å². The molecule has 0 saturated carbocycles. The van der Waals surface area contributed by atoms with E-state index in [0.29, 0.717) is 0 Å². The molecule has 33 heavy (non-hydrogen) atoms. The second kappa shape index (κ2) is 8.73. The Balaban J connectivity index is 0.000000706. The molecule has 0 amide bonds. The van der Waals surface area contributed by atoms with Gasteiger partial charge in [0.2, 0.25) is 0 Å². The molecular formula is C20H30BCoF10P. The molecular weight excluding hydrogens is 531 g/mol. The Bertz CT molecular complexity index is 857. The summed E-state index contributed by atoms with van der Waals surface area (Å²) in [6, 6.07) is 0. The number of hydrogen-bond donors (Lipinski definition) is 0. The number of allylic oxidation sites excluding steroid dienone is 8. The molecule has 0 bridgehead atoms. The van der Waals surface area contributed by atoms with Crippen molar-refractivity contribution in [2.24, 2.45) is 10.8 Å². The van der Waals surface area contributed by atoms with Crippen molar-refractivity contribution in [3.8, 4) is 0 Å². The standard InChI is InChI=1S/2C10H15.BF4.Co.F6P/c2*1-7-6-10(4,5)9(3)8(7)2;2-1(3,4)5;;1-7(2,3,4,5)6/h2*1-5H3;;;/q;;-1;+2;-1. The molecule has 0 unspecified atom stereocenters. The first-order chi connectivity index (χ1) is 13.9. The van der Waals surface area contributed by atoms with Crippen LogP contribution in [0.1, 0.15) is 69.2 Å². The van der Waals surface area contributed by atoms with Gasteiger partial charge in [-0.3, -0.25) is 0 Å². The monoisotopic (exact) mass is 561 g/mol. The number of rotatable bonds is 2. The van der Waals surface area contributed by atoms with Crippen molar-refractivity contribution < 1.29 is 57.1 Å². The average molecular weight is 561 g/mol. The average Bonchev–Trinajstić information content (AvgIpc) is 2.75. The third kappa shape index (κ3) is 10.2. The van der Waals surface area contributed by atoms with E-state index in [1.54, 1.807) is 9.02 Å². The van der Waals surface area contributed by atoms with Gasteiger partial charge in [0.05, 0.1) is 0 Å². The van der Waals surface area contributed by atoms with Crippen LogP contribution in [0.2, 0.25) is 0 Å². The predicted molar refractivity (Wildman–Crippen MR) is 113 cm³/mol. The zero-order valence-corrected chi connectivity index (χ0v) is 22.1. The van der Waals surface area contributed by atoms with Gasteiger partial charge in [0.1, 0.15) is 0 Å². The second-order valence-corrected chi connectivity index (χ2v) is 12.3. The quantitative estimate of drug-likeness (QED) is 0.179. The third-order valence-electron chi connectivity index (χ3n) is 5.96. The van der Waals surface area contributed by atoms with Crippen LogP contribution >= 0.6 is 7.81 Å². The molecule has 0 heterocycles. The molecule has 0 nitrogen and oxygen atoms in total. The molecule has 2 aliphatic carbocycles. The normalized spacial score (nSPS) is 22.5. The molecule has 2 aliphatic rings. The summed E-state index contributed by atoms with van der Waals surface area (Å²) in [5.74, 6) is 0. The Morgan fingerprint density at radius 2 is 0.727 bits per heavy atom. The van der Waals surface area contributed by atoms with Crippen molar-refractivity contribution in [1.29, 1.82) is 0 Å². The van der Waals surface area contributed by atoms with Gasteiger partial charge >= 0.3 is 177 Å². The SMILES string of the molecule is CC1=C(C)C(C)(C)[C]([Co+2][C]2=C(C)C(C)=C(C)C2(C)C)=C1C.F[B-](F)(F)F.F[P-](F)(F)(F)(F)F. The van der Waals surface area contributed by atoms with Gasteiger partial charge in [0, 0.05) is 0 Å². The van der Waals surface area contributed by atoms with E-state index in [2.05, 4.69) is 69.2 Å². The summed E-state index contributed by atoms with van der Waals surface area (Å²) in [5.41, 5.74) is 9.49. The van der Waals surface area contributed by atoms with Gasteiger partial charge in [-0.05, 0) is 0 Å². The fraction of sp³-hybridized carbons (Fsp3) is 0.600. The summed E-state index contributed by atoms with van der Waals surface area (Å²) in [6.45, 7) is 23.3. The van der Waals surface area contributed by atoms with E-state index >= 15 is 0 Å². The molecule has 0 fully saturated rings. The van der Waals surface area contributed by atoms with E-state index in [4.69, 9.17) is 0 Å². The van der Waals surface area contributed by atoms with E-state index in [1.807, 2.05) is 0 Å². The van der Waals surface area contributed by atoms with Crippen molar-refractivity contribution in [2.45, 2.75) is 69.2 Å². The first-order valence-corrected chi connectivity index (χ1v) is 12.8. The van der Waals surface area contributed by atoms with Crippen LogP contribution in [0.5, 0.6) is 0 Å². The number of halogens is 10. The van der Waals surface area contributed by atoms with Gasteiger partial charge in [-0.25, -0.2) is 0 Å². The summed E-state index contributed by atoms with van der Waals surface area (Å²) < 4.78 is 101. The fourth-order valence-corrected chi connectivity index (χ4v) is 5.56. The summed E-state index contributed by atoms with van der Waals surface area (Å²) in [7, 11) is -16.7. The molecule has 0 saturated heterocycles. The van der Waals surface area contributed by atoms with E-state index in [1.165, 1.54) is 48.1 Å². The molecule has 0 N–H and O–H groups in total. The van der Waals surface area contributed by atoms with E-state index in [9.17, 15) is 42.4 Å². The van der Waals surface area contributed by atoms with Crippen LogP contribution in [0.3, 0.4) is 0 Å². The first-order valence-electron chi connectivity index (χ1n) is 9.72. The Labute approximate surface area is 195 Å². The van der Waals surface area contributed by atoms with E-state index in [-0.39, 0.29) is 10.8 Å². The van der Waals surface area contributed by atoms with Crippen LogP contribution in [0, 0.1) is 10.8 Å². The third-order valence-corrected chi connectivity index (χ3v) is 8.56. The topological polar surface area (TPSA) is 0 Å². The molecule has 0 aromatic carbocycles. The van der Waals surface area contributed by atoms with Crippen molar-refractivity contribution >= 4 is 15.1 Å². The van der Waals surface area contributed by atoms with Gasteiger partial charge in [-0.2, -0.15) is 0 Å². The van der Waals surface area contributed by atoms with Crippen LogP contribution in [0.25, 0.3) is 0 Å². The maximum atomic E-state index is 9.87. The molecule has 2 rings (SSSR count). The molecule has 0 aromatic rings. The van der Waals surface area contributed by atoms with Crippen LogP contribution in [0.4, 0.5) is 42.4 Å². The Morgan fingerprint density at radius 3 is 0.848 bits per heavy atom. The molecule has 0 atom stereocenters. The first kappa shape index (κ1) is 32.3. The Morgan fingerprint density at radius 1 is 0.545 bits per heavy atom. The maximum absolute atomic E-state index is 10.7. The van der Waals surface area contributed by atoms with E-state index in [0.717, 1.165) is 0 Å². The Hall–Kier alpha value is -0.739. The summed E-state index contributed by atoms with van der Waals surface area (Å²) >= 11 is 1.47. The van der Waals surface area contributed by atoms with Crippen LogP contribution in [0.15, 0.2) is 42.5 Å². The van der Waals surface area contributed by atoms with Crippen molar-refractivity contribution in [3.05, 3.63) is 42.5 Å². The summed E-state index contributed by atoms with van der Waals surface area (Å²) in [6.07, 6.45) is 0. The van der Waals surface area contributed by atoms with Gasteiger partial charge in [-0.1, -0.05) is 0 Å². The molecule has 0 spiro atoms. The Kier molecular flexibility index (Phi) is 8.54. The number of hydrogen-bond acceptors (Lipinski definition) is 0. The van der Waals surface area contributed by atoms with Crippen LogP contribution in [-0.4, -0.2) is 7.25 Å². The molecule has 0 aromatic heterocycles. The zero-order valence-electron chi connectivity index (χ0n) is 20.1. The second-order valence-electron chi connectivity index (χ2n) is 9.12. The fourth-order valence-electron chi connectivity index (χ4n) is 3.48. The summed E-state index contributed by atoms with van der Waals surface area (Å²) in [5, 5.41) is 0. The van der Waals surface area contributed by atoms with Gasteiger partial charge in [0.25, 0.3) is 0 Å². The van der Waals surface area contributed by atoms with Crippen LogP contribution < -0.4 is 0 Å². The minimum atomic E-state index is -10.7. The van der Waals surface area contributed by atoms with Gasteiger partial charge in [-0.15, -0.1) is 0 Å². The molecule has 0 radical (unpaired) electrons. The molecule has 197 valence electrons. The van der Waals surface area contributed by atoms with Crippen molar-refractivity contribution in [2.75, 3.05) is 0 Å². The minimum absolute atomic E-state index is 0.196. The van der Waals surface area contributed by atoms with Gasteiger partial charge < -0.3 is 17.3 Å². The molecule has 13 heteroatoms. The van der Waals surface area contributed by atoms with Gasteiger partial charge in [0.15, 0.2) is 0 Å². The predicted octanol–water partition coefficient (Wildman–Crippen LogP) is 11.1. The zero-order chi connectivity index (χ0) is 27.2. The molecule has 0 aliphatic heterocycles. The summed E-state index contributed by atoms with van der Waals surface area (Å²) in [4.78, 5) is 0. The van der Waals surface area contributed by atoms with Crippen molar-refractivity contribution in [3.63, 3.8) is 0 Å².